The van der Waals surface area contributed by atoms with Crippen molar-refractivity contribution in [2.24, 2.45) is 17.6 Å². The van der Waals surface area contributed by atoms with Gasteiger partial charge in [0.15, 0.2) is 29.0 Å². The van der Waals surface area contributed by atoms with Gasteiger partial charge in [0.05, 0.1) is 43.0 Å². The normalized spacial score (nSPS) is 12.9. The Labute approximate surface area is 449 Å². The molecule has 0 aliphatic rings. The molecule has 6 amide bonds. The van der Waals surface area contributed by atoms with Gasteiger partial charge in [-0.3, -0.25) is 63.6 Å². The van der Waals surface area contributed by atoms with Crippen molar-refractivity contribution in [3.63, 3.8) is 0 Å². The largest absolute Gasteiger partial charge is 0.444 e. The molecule has 0 radical (unpaired) electrons. The minimum Gasteiger partial charge on any atom is -0.444 e. The van der Waals surface area contributed by atoms with Crippen LogP contribution in [0.5, 0.6) is 0 Å². The van der Waals surface area contributed by atoms with Crippen LogP contribution in [0.25, 0.3) is 11.2 Å². The van der Waals surface area contributed by atoms with Gasteiger partial charge in [-0.05, 0) is 69.2 Å². The summed E-state index contributed by atoms with van der Waals surface area (Å²) in [7, 11) is 1.79. The van der Waals surface area contributed by atoms with Crippen LogP contribution in [0.2, 0.25) is 0 Å². The smallest absolute Gasteiger partial charge is 0.295 e. The van der Waals surface area contributed by atoms with Crippen molar-refractivity contribution in [1.29, 1.82) is 0 Å². The van der Waals surface area contributed by atoms with Gasteiger partial charge in [-0.15, -0.1) is 0 Å². The number of ketones is 3. The number of nitrogen functional groups attached to an aromatic ring is 2. The highest BCUT2D eigenvalue weighted by atomic mass is 16.5. The van der Waals surface area contributed by atoms with E-state index in [-0.39, 0.29) is 120 Å². The summed E-state index contributed by atoms with van der Waals surface area (Å²) >= 11 is 0. The molecule has 2 aromatic heterocycles. The number of aromatic nitrogens is 4. The average Bonchev–Trinajstić information content (AvgIpc) is 3.42. The van der Waals surface area contributed by atoms with Crippen LogP contribution in [0.1, 0.15) is 114 Å². The molecule has 0 saturated heterocycles. The van der Waals surface area contributed by atoms with Crippen LogP contribution < -0.4 is 38.1 Å². The number of rotatable bonds is 36. The van der Waals surface area contributed by atoms with Gasteiger partial charge in [0.25, 0.3) is 12.4 Å². The van der Waals surface area contributed by atoms with Gasteiger partial charge in [-0.2, -0.15) is 9.97 Å². The summed E-state index contributed by atoms with van der Waals surface area (Å²) in [6, 6.07) is 4.03. The maximum absolute atomic E-state index is 13.9. The van der Waals surface area contributed by atoms with Gasteiger partial charge >= 0.3 is 0 Å². The third-order valence-electron chi connectivity index (χ3n) is 12.3. The lowest BCUT2D eigenvalue weighted by Crippen LogP contribution is -2.49. The van der Waals surface area contributed by atoms with Crippen LogP contribution in [0.3, 0.4) is 0 Å². The van der Waals surface area contributed by atoms with Crippen molar-refractivity contribution in [1.82, 2.24) is 51.1 Å². The number of nitrogens with one attached hydrogen (secondary N) is 3. The van der Waals surface area contributed by atoms with Crippen LogP contribution in [0.15, 0.2) is 30.5 Å². The summed E-state index contributed by atoms with van der Waals surface area (Å²) < 4.78 is 5.02. The summed E-state index contributed by atoms with van der Waals surface area (Å²) in [5, 5.41) is 48.5. The minimum absolute atomic E-state index is 0.0161. The summed E-state index contributed by atoms with van der Waals surface area (Å²) in [4.78, 5) is 144. The Bertz CT molecular complexity index is 2560. The standard InChI is InChI=1S/C49H72N14O15/c1-29(66)61(75)20-6-9-33(24-41(71)39(11-8-22-63(77)31(3)68)56-48(74)38(50)10-7-21-62(76)30(2)67)40(70)12-5-19-53-46(72)34(27-64)23-37(69)17-18-42(78-28-65)57-47(73)32-13-15-36(16-14-32)60(4)26-35-25-54-45-43(55-35)44(51)58-49(52)59-45/h13-16,25,28,33-34,38-39,42,64,75-77H,5-12,17-24,26-27,50H2,1-4H3,(H,53,72)(H,56,74)(H,57,73)(H4,51,52,54,58,59)/t33-,34+,38+,39+,42+/m1/s1. The molecule has 29 heteroatoms. The summed E-state index contributed by atoms with van der Waals surface area (Å²) in [6.07, 6.45) is -0.855. The number of anilines is 3. The van der Waals surface area contributed by atoms with Gasteiger partial charge in [-0.25, -0.2) is 25.2 Å². The lowest BCUT2D eigenvalue weighted by molar-refractivity contribution is -0.163. The van der Waals surface area contributed by atoms with Gasteiger partial charge in [0.1, 0.15) is 11.6 Å². The van der Waals surface area contributed by atoms with E-state index in [4.69, 9.17) is 21.9 Å². The number of nitrogens with two attached hydrogens (primary N) is 3. The molecule has 13 N–H and O–H groups in total. The van der Waals surface area contributed by atoms with E-state index in [1.54, 1.807) is 19.2 Å². The van der Waals surface area contributed by atoms with Crippen molar-refractivity contribution >= 4 is 87.9 Å². The topological polar surface area (TPSA) is 440 Å². The van der Waals surface area contributed by atoms with Crippen molar-refractivity contribution in [3.05, 3.63) is 41.7 Å². The molecule has 0 aliphatic carbocycles. The fraction of sp³-hybridized carbons (Fsp3) is 0.551. The predicted octanol–water partition coefficient (Wildman–Crippen LogP) is -0.296. The predicted molar refractivity (Wildman–Crippen MR) is 276 cm³/mol. The molecule has 5 atom stereocenters. The number of carbonyl (C=O) groups excluding carboxylic acids is 10. The molecule has 0 aliphatic heterocycles. The second-order valence-electron chi connectivity index (χ2n) is 18.5. The van der Waals surface area contributed by atoms with E-state index in [1.807, 2.05) is 4.90 Å². The first-order valence-corrected chi connectivity index (χ1v) is 25.1. The molecule has 78 heavy (non-hydrogen) atoms. The second kappa shape index (κ2) is 32.7. The van der Waals surface area contributed by atoms with Crippen molar-refractivity contribution < 1.29 is 73.4 Å². The van der Waals surface area contributed by atoms with Crippen LogP contribution in [0.4, 0.5) is 17.5 Å². The third kappa shape index (κ3) is 22.0. The first-order valence-electron chi connectivity index (χ1n) is 25.1. The SMILES string of the molecule is CC(=O)N(O)CCC[C@H](CC(=O)[C@H](CCCN(O)C(C)=O)NC(=O)[C@@H](N)CCCN(O)C(C)=O)C(=O)CCCNC(=O)[C@H](CO)CC(=O)CC[C@@H](NC(=O)c1ccc(N(C)Cc2cnc3nc(N)nc(N)c3n2)cc1)OC=O. The number of hydroxylamine groups is 6. The lowest BCUT2D eigenvalue weighted by Gasteiger charge is -2.24. The molecule has 0 fully saturated rings. The monoisotopic (exact) mass is 1100 g/mol. The zero-order chi connectivity index (χ0) is 58.1. The Hall–Kier alpha value is -7.86. The van der Waals surface area contributed by atoms with E-state index in [0.29, 0.717) is 38.6 Å². The maximum atomic E-state index is 13.9. The van der Waals surface area contributed by atoms with Crippen LogP contribution in [0, 0.1) is 11.8 Å². The van der Waals surface area contributed by atoms with Crippen molar-refractivity contribution in [2.45, 2.75) is 123 Å². The van der Waals surface area contributed by atoms with Gasteiger partial charge in [-0.1, -0.05) is 0 Å². The molecule has 0 bridgehead atoms. The highest BCUT2D eigenvalue weighted by Crippen LogP contribution is 2.21. The van der Waals surface area contributed by atoms with E-state index < -0.39 is 102 Å². The molecule has 0 spiro atoms. The van der Waals surface area contributed by atoms with Crippen LogP contribution in [-0.2, 0) is 54.4 Å². The minimum atomic E-state index is -1.24. The Morgan fingerprint density at radius 1 is 0.718 bits per heavy atom. The Kier molecular flexibility index (Phi) is 27.0. The number of hydrogen-bond donors (Lipinski definition) is 10. The molecule has 0 unspecified atom stereocenters. The average molecular weight is 1100 g/mol. The second-order valence-corrected chi connectivity index (χ2v) is 18.5. The highest BCUT2D eigenvalue weighted by molar-refractivity contribution is 5.95. The molecule has 3 rings (SSSR count). The molecule has 29 nitrogen and oxygen atoms in total. The fourth-order valence-corrected chi connectivity index (χ4v) is 7.81. The Morgan fingerprint density at radius 3 is 1.91 bits per heavy atom. The van der Waals surface area contributed by atoms with E-state index in [0.717, 1.165) is 20.8 Å². The molecule has 2 heterocycles. The number of aliphatic hydroxyl groups is 1. The number of fused-ring (bicyclic) bond motifs is 1. The summed E-state index contributed by atoms with van der Waals surface area (Å²) in [5.74, 6) is -7.67. The molecule has 428 valence electrons. The number of nitrogens with zero attached hydrogens (tertiary/aromatic N) is 8. The van der Waals surface area contributed by atoms with Crippen LogP contribution >= 0.6 is 0 Å². The van der Waals surface area contributed by atoms with Crippen molar-refractivity contribution in [3.8, 4) is 0 Å². The first kappa shape index (κ1) is 64.4. The third-order valence-corrected chi connectivity index (χ3v) is 12.3. The van der Waals surface area contributed by atoms with E-state index in [2.05, 4.69) is 35.9 Å². The number of amides is 6. The Morgan fingerprint density at radius 2 is 1.32 bits per heavy atom. The number of Topliss-reactive ketones (excluding diaryl/α,β-unsaturated/α-hetero) is 3. The molecular weight excluding hydrogens is 1020 g/mol. The Balaban J connectivity index is 1.55. The zero-order valence-electron chi connectivity index (χ0n) is 44.2. The van der Waals surface area contributed by atoms with Gasteiger partial charge in [0.2, 0.25) is 35.5 Å². The van der Waals surface area contributed by atoms with Gasteiger partial charge < -0.3 is 47.9 Å². The first-order chi connectivity index (χ1) is 36.9. The van der Waals surface area contributed by atoms with Gasteiger partial charge in [0, 0.05) is 103 Å². The number of hydrogen-bond acceptors (Lipinski definition) is 23. The van der Waals surface area contributed by atoms with Crippen molar-refractivity contribution in [2.75, 3.05) is 56.2 Å². The fourth-order valence-electron chi connectivity index (χ4n) is 7.81. The quantitative estimate of drug-likeness (QED) is 0.0117. The highest BCUT2D eigenvalue weighted by Gasteiger charge is 2.30. The summed E-state index contributed by atoms with van der Waals surface area (Å²) in [5.41, 5.74) is 19.6. The molecule has 1 aromatic carbocycles. The van der Waals surface area contributed by atoms with Crippen LogP contribution in [-0.4, -0.2) is 173 Å². The van der Waals surface area contributed by atoms with E-state index in [9.17, 15) is 68.7 Å². The summed E-state index contributed by atoms with van der Waals surface area (Å²) in [6.45, 7) is 2.53. The zero-order valence-corrected chi connectivity index (χ0v) is 44.2. The molecule has 0 saturated carbocycles. The molecule has 3 aromatic rings. The van der Waals surface area contributed by atoms with E-state index >= 15 is 0 Å². The lowest BCUT2D eigenvalue weighted by atomic mass is 9.87. The maximum Gasteiger partial charge on any atom is 0.295 e. The number of carbonyl (C=O) groups is 10. The van der Waals surface area contributed by atoms with E-state index in [1.165, 1.54) is 18.3 Å². The number of ether oxygens (including phenoxy) is 1. The number of aliphatic hydroxyl groups excluding tert-OH is 1. The molecular formula is C49H72N14O15. The number of benzene rings is 1.